The normalized spacial score (nSPS) is 10.9. The van der Waals surface area contributed by atoms with E-state index in [2.05, 4.69) is 15.0 Å². The molecule has 0 aliphatic carbocycles. The third kappa shape index (κ3) is 1.73. The predicted molar refractivity (Wildman–Crippen MR) is 74.2 cm³/mol. The summed E-state index contributed by atoms with van der Waals surface area (Å²) in [5.41, 5.74) is 8.73. The molecule has 2 N–H and O–H groups in total. The third-order valence-corrected chi connectivity index (χ3v) is 3.19. The average Bonchev–Trinajstić information content (AvgIpc) is 2.77. The molecule has 20 heavy (non-hydrogen) atoms. The van der Waals surface area contributed by atoms with E-state index in [1.807, 2.05) is 36.4 Å². The molecule has 3 aromatic rings. The Kier molecular flexibility index (Phi) is 2.71. The Morgan fingerprint density at radius 2 is 1.95 bits per heavy atom. The summed E-state index contributed by atoms with van der Waals surface area (Å²) < 4.78 is 1.87. The van der Waals surface area contributed by atoms with E-state index < -0.39 is 5.91 Å². The van der Waals surface area contributed by atoms with E-state index in [-0.39, 0.29) is 5.69 Å². The van der Waals surface area contributed by atoms with Crippen LogP contribution < -0.4 is 5.73 Å². The van der Waals surface area contributed by atoms with Crippen LogP contribution in [-0.4, -0.2) is 25.3 Å². The molecule has 0 saturated carbocycles. The molecule has 1 amide bonds. The Balaban J connectivity index is 2.39. The van der Waals surface area contributed by atoms with E-state index in [0.717, 1.165) is 17.1 Å². The molecule has 0 saturated heterocycles. The van der Waals surface area contributed by atoms with Crippen molar-refractivity contribution in [1.82, 2.24) is 19.4 Å². The summed E-state index contributed by atoms with van der Waals surface area (Å²) in [6.07, 6.45) is 3.29. The maximum Gasteiger partial charge on any atom is 0.269 e. The lowest BCUT2D eigenvalue weighted by Gasteiger charge is -2.08. The van der Waals surface area contributed by atoms with Gasteiger partial charge in [0.15, 0.2) is 5.69 Å². The molecule has 0 unspecified atom stereocenters. The molecule has 100 valence electrons. The van der Waals surface area contributed by atoms with Gasteiger partial charge in [-0.25, -0.2) is 4.98 Å². The summed E-state index contributed by atoms with van der Waals surface area (Å²) in [4.78, 5) is 24.3. The average molecular weight is 267 g/mol. The van der Waals surface area contributed by atoms with Crippen LogP contribution in [-0.2, 0) is 0 Å². The van der Waals surface area contributed by atoms with Crippen LogP contribution in [0.5, 0.6) is 0 Å². The molecule has 3 heterocycles. The minimum absolute atomic E-state index is 0.269. The van der Waals surface area contributed by atoms with Gasteiger partial charge in [-0.2, -0.15) is 0 Å². The van der Waals surface area contributed by atoms with Crippen LogP contribution in [0.4, 0.5) is 0 Å². The molecule has 6 heteroatoms. The summed E-state index contributed by atoms with van der Waals surface area (Å²) in [5.74, 6) is 0.151. The fourth-order valence-corrected chi connectivity index (χ4v) is 2.34. The number of pyridine rings is 1. The van der Waals surface area contributed by atoms with E-state index in [1.54, 1.807) is 12.4 Å². The number of hydrogen-bond donors (Lipinski definition) is 1. The summed E-state index contributed by atoms with van der Waals surface area (Å²) in [6, 6.07) is 5.59. The second-order valence-corrected chi connectivity index (χ2v) is 4.49. The Morgan fingerprint density at radius 3 is 2.65 bits per heavy atom. The van der Waals surface area contributed by atoms with Gasteiger partial charge in [-0.1, -0.05) is 6.07 Å². The van der Waals surface area contributed by atoms with Crippen molar-refractivity contribution >= 4 is 11.4 Å². The van der Waals surface area contributed by atoms with E-state index in [0.29, 0.717) is 11.3 Å². The number of imidazole rings is 1. The highest BCUT2D eigenvalue weighted by molar-refractivity contribution is 5.98. The number of rotatable bonds is 2. The minimum Gasteiger partial charge on any atom is -0.364 e. The SMILES string of the molecule is Cc1nccnc1-c1cccc2c(C(N)=O)nc(C)n12. The van der Waals surface area contributed by atoms with Gasteiger partial charge in [0.05, 0.1) is 16.9 Å². The highest BCUT2D eigenvalue weighted by Crippen LogP contribution is 2.24. The fraction of sp³-hybridized carbons (Fsp3) is 0.143. The standard InChI is InChI=1S/C14H13N5O/c1-8-12(17-7-6-16-8)10-4-3-5-11-13(14(15)20)18-9(2)19(10)11/h3-7H,1-2H3,(H2,15,20). The second-order valence-electron chi connectivity index (χ2n) is 4.49. The maximum absolute atomic E-state index is 11.5. The molecule has 0 radical (unpaired) electrons. The van der Waals surface area contributed by atoms with Crippen molar-refractivity contribution in [2.45, 2.75) is 13.8 Å². The summed E-state index contributed by atoms with van der Waals surface area (Å²) in [6.45, 7) is 3.72. The Bertz CT molecular complexity index is 822. The minimum atomic E-state index is -0.538. The summed E-state index contributed by atoms with van der Waals surface area (Å²) >= 11 is 0. The Hall–Kier alpha value is -2.76. The van der Waals surface area contributed by atoms with Crippen molar-refractivity contribution in [3.05, 3.63) is 47.8 Å². The molecule has 3 aromatic heterocycles. The first-order valence-corrected chi connectivity index (χ1v) is 6.15. The smallest absolute Gasteiger partial charge is 0.269 e. The van der Waals surface area contributed by atoms with Crippen molar-refractivity contribution in [2.24, 2.45) is 5.73 Å². The number of nitrogens with zero attached hydrogens (tertiary/aromatic N) is 4. The van der Waals surface area contributed by atoms with E-state index in [9.17, 15) is 4.79 Å². The molecule has 6 nitrogen and oxygen atoms in total. The third-order valence-electron chi connectivity index (χ3n) is 3.19. The number of aromatic nitrogens is 4. The van der Waals surface area contributed by atoms with Crippen molar-refractivity contribution in [1.29, 1.82) is 0 Å². The molecule has 0 atom stereocenters. The highest BCUT2D eigenvalue weighted by Gasteiger charge is 2.17. The second kappa shape index (κ2) is 4.41. The largest absolute Gasteiger partial charge is 0.364 e. The number of nitrogens with two attached hydrogens (primary N) is 1. The lowest BCUT2D eigenvalue weighted by Crippen LogP contribution is -2.11. The fourth-order valence-electron chi connectivity index (χ4n) is 2.34. The Labute approximate surface area is 115 Å². The molecular formula is C14H13N5O. The number of hydrogen-bond acceptors (Lipinski definition) is 4. The van der Waals surface area contributed by atoms with Crippen LogP contribution >= 0.6 is 0 Å². The number of amides is 1. The van der Waals surface area contributed by atoms with Gasteiger partial charge >= 0.3 is 0 Å². The van der Waals surface area contributed by atoms with Crippen molar-refractivity contribution < 1.29 is 4.79 Å². The van der Waals surface area contributed by atoms with Crippen LogP contribution in [0.3, 0.4) is 0 Å². The molecule has 3 rings (SSSR count). The number of primary amides is 1. The predicted octanol–water partition coefficient (Wildman–Crippen LogP) is 1.51. The number of aryl methyl sites for hydroxylation is 2. The first-order chi connectivity index (χ1) is 9.59. The zero-order valence-electron chi connectivity index (χ0n) is 11.2. The number of carbonyl (C=O) groups excluding carboxylic acids is 1. The molecule has 0 spiro atoms. The van der Waals surface area contributed by atoms with E-state index in [4.69, 9.17) is 5.73 Å². The van der Waals surface area contributed by atoms with Gasteiger partial charge in [0.1, 0.15) is 11.5 Å². The molecule has 0 fully saturated rings. The van der Waals surface area contributed by atoms with E-state index >= 15 is 0 Å². The molecule has 0 aromatic carbocycles. The first-order valence-electron chi connectivity index (χ1n) is 6.15. The van der Waals surface area contributed by atoms with Crippen LogP contribution in [0.2, 0.25) is 0 Å². The zero-order chi connectivity index (χ0) is 14.3. The quantitative estimate of drug-likeness (QED) is 0.762. The van der Waals surface area contributed by atoms with Gasteiger partial charge < -0.3 is 5.73 Å². The Morgan fingerprint density at radius 1 is 1.20 bits per heavy atom. The molecular weight excluding hydrogens is 254 g/mol. The summed E-state index contributed by atoms with van der Waals surface area (Å²) in [7, 11) is 0. The molecule has 0 aliphatic heterocycles. The highest BCUT2D eigenvalue weighted by atomic mass is 16.1. The van der Waals surface area contributed by atoms with Gasteiger partial charge in [-0.05, 0) is 26.0 Å². The zero-order valence-corrected chi connectivity index (χ0v) is 11.2. The van der Waals surface area contributed by atoms with Gasteiger partial charge in [0.2, 0.25) is 0 Å². The van der Waals surface area contributed by atoms with Crippen LogP contribution in [0.25, 0.3) is 16.9 Å². The topological polar surface area (TPSA) is 86.2 Å². The van der Waals surface area contributed by atoms with Crippen molar-refractivity contribution in [2.75, 3.05) is 0 Å². The molecule has 0 aliphatic rings. The van der Waals surface area contributed by atoms with Gasteiger partial charge in [0.25, 0.3) is 5.91 Å². The number of fused-ring (bicyclic) bond motifs is 1. The van der Waals surface area contributed by atoms with Crippen molar-refractivity contribution in [3.63, 3.8) is 0 Å². The maximum atomic E-state index is 11.5. The van der Waals surface area contributed by atoms with Crippen LogP contribution in [0.15, 0.2) is 30.6 Å². The molecule has 0 bridgehead atoms. The van der Waals surface area contributed by atoms with Gasteiger partial charge in [-0.15, -0.1) is 0 Å². The lowest BCUT2D eigenvalue weighted by atomic mass is 10.2. The van der Waals surface area contributed by atoms with E-state index in [1.165, 1.54) is 0 Å². The van der Waals surface area contributed by atoms with Gasteiger partial charge in [0, 0.05) is 12.4 Å². The van der Waals surface area contributed by atoms with Gasteiger partial charge in [-0.3, -0.25) is 19.2 Å². The monoisotopic (exact) mass is 267 g/mol. The summed E-state index contributed by atoms with van der Waals surface area (Å²) in [5, 5.41) is 0. The lowest BCUT2D eigenvalue weighted by molar-refractivity contribution is 0.0997. The van der Waals surface area contributed by atoms with Crippen LogP contribution in [0, 0.1) is 13.8 Å². The first kappa shape index (κ1) is 12.3. The van der Waals surface area contributed by atoms with Crippen molar-refractivity contribution in [3.8, 4) is 11.4 Å². The number of carbonyl (C=O) groups is 1. The van der Waals surface area contributed by atoms with Crippen LogP contribution in [0.1, 0.15) is 22.0 Å².